The van der Waals surface area contributed by atoms with Gasteiger partial charge in [0, 0.05) is 23.1 Å². The van der Waals surface area contributed by atoms with Gasteiger partial charge in [-0.3, -0.25) is 9.78 Å². The fourth-order valence-electron chi connectivity index (χ4n) is 3.77. The summed E-state index contributed by atoms with van der Waals surface area (Å²) in [4.78, 5) is 18.7. The molecule has 31 heavy (non-hydrogen) atoms. The van der Waals surface area contributed by atoms with Crippen LogP contribution in [0.25, 0.3) is 5.69 Å². The number of hydrogen-bond acceptors (Lipinski definition) is 4. The number of esters is 1. The average Bonchev–Trinajstić information content (AvgIpc) is 3.33. The number of hydrogen-bond donors (Lipinski definition) is 1. The fraction of sp³-hybridized carbons (Fsp3) is 0.227. The Hall–Kier alpha value is -2.61. The Labute approximate surface area is 195 Å². The lowest BCUT2D eigenvalue weighted by Gasteiger charge is -2.28. The third kappa shape index (κ3) is 4.39. The van der Waals surface area contributed by atoms with Gasteiger partial charge in [0.15, 0.2) is 5.11 Å². The summed E-state index contributed by atoms with van der Waals surface area (Å²) in [6.07, 6.45) is 3.66. The van der Waals surface area contributed by atoms with Crippen LogP contribution >= 0.6 is 35.4 Å². The number of benzene rings is 1. The lowest BCUT2D eigenvalue weighted by atomic mass is 10.0. The van der Waals surface area contributed by atoms with Crippen LogP contribution in [0.15, 0.2) is 60.9 Å². The zero-order valence-electron chi connectivity index (χ0n) is 16.7. The number of nitrogens with one attached hydrogen (secondary N) is 1. The van der Waals surface area contributed by atoms with Crippen molar-refractivity contribution in [1.82, 2.24) is 19.8 Å². The molecule has 0 spiro atoms. The molecule has 1 saturated heterocycles. The predicted octanol–water partition coefficient (Wildman–Crippen LogP) is 4.71. The quantitative estimate of drug-likeness (QED) is 0.412. The first kappa shape index (κ1) is 21.6. The van der Waals surface area contributed by atoms with Crippen LogP contribution in [-0.2, 0) is 9.53 Å². The Balaban J connectivity index is 1.80. The maximum atomic E-state index is 12.3. The van der Waals surface area contributed by atoms with Crippen molar-refractivity contribution in [2.24, 2.45) is 0 Å². The molecule has 3 aromatic rings. The summed E-state index contributed by atoms with van der Waals surface area (Å²) in [6.45, 7) is 2.10. The topological polar surface area (TPSA) is 59.4 Å². The predicted molar refractivity (Wildman–Crippen MR) is 125 cm³/mol. The number of thiocarbonyl (C=S) groups is 1. The van der Waals surface area contributed by atoms with E-state index in [1.165, 1.54) is 0 Å². The molecule has 160 valence electrons. The van der Waals surface area contributed by atoms with E-state index in [0.29, 0.717) is 21.8 Å². The molecule has 4 rings (SSSR count). The summed E-state index contributed by atoms with van der Waals surface area (Å²) < 4.78 is 7.16. The first-order chi connectivity index (χ1) is 15.0. The highest BCUT2D eigenvalue weighted by atomic mass is 35.5. The monoisotopic (exact) mass is 474 g/mol. The lowest BCUT2D eigenvalue weighted by Crippen LogP contribution is -2.36. The summed E-state index contributed by atoms with van der Waals surface area (Å²) >= 11 is 18.2. The number of pyridine rings is 1. The van der Waals surface area contributed by atoms with Gasteiger partial charge >= 0.3 is 5.97 Å². The van der Waals surface area contributed by atoms with Gasteiger partial charge in [-0.05, 0) is 61.6 Å². The largest absolute Gasteiger partial charge is 0.465 e. The molecule has 0 saturated carbocycles. The van der Waals surface area contributed by atoms with Gasteiger partial charge in [-0.1, -0.05) is 29.3 Å². The molecular weight excluding hydrogens is 455 g/mol. The number of aromatic nitrogens is 2. The molecule has 0 unspecified atom stereocenters. The van der Waals surface area contributed by atoms with Crippen LogP contribution in [0.2, 0.25) is 10.0 Å². The molecule has 1 aliphatic rings. The molecule has 0 amide bonds. The van der Waals surface area contributed by atoms with Gasteiger partial charge in [-0.2, -0.15) is 0 Å². The van der Waals surface area contributed by atoms with Gasteiger partial charge in [0.2, 0.25) is 0 Å². The molecule has 0 radical (unpaired) electrons. The van der Waals surface area contributed by atoms with E-state index in [-0.39, 0.29) is 24.6 Å². The summed E-state index contributed by atoms with van der Waals surface area (Å²) in [5, 5.41) is 4.87. The number of ether oxygens (including phenoxy) is 1. The van der Waals surface area contributed by atoms with Gasteiger partial charge in [0.05, 0.1) is 35.1 Å². The standard InChI is InChI=1S/C22H20Cl2N4O2S/c1-2-30-19(29)13-28-21(20(26-22(28)31)16-6-3-4-10-25-16)18-7-5-11-27(18)17-9-8-14(23)12-15(17)24/h3-12,20-21H,2,13H2,1H3,(H,26,31)/t20-,21+/m0/s1. The Morgan fingerprint density at radius 3 is 2.77 bits per heavy atom. The SMILES string of the molecule is CCOC(=O)CN1C(=S)N[C@@H](c2ccccn2)[C@H]1c1cccn1-c1ccc(Cl)cc1Cl. The zero-order valence-corrected chi connectivity index (χ0v) is 19.0. The van der Waals surface area contributed by atoms with Crippen molar-refractivity contribution in [2.45, 2.75) is 19.0 Å². The van der Waals surface area contributed by atoms with Crippen LogP contribution in [0.3, 0.4) is 0 Å². The van der Waals surface area contributed by atoms with E-state index in [9.17, 15) is 4.79 Å². The minimum Gasteiger partial charge on any atom is -0.465 e. The number of rotatable bonds is 6. The van der Waals surface area contributed by atoms with Crippen molar-refractivity contribution >= 4 is 46.5 Å². The van der Waals surface area contributed by atoms with Gasteiger partial charge in [0.25, 0.3) is 0 Å². The maximum absolute atomic E-state index is 12.3. The Bertz CT molecular complexity index is 1110. The highest BCUT2D eigenvalue weighted by Crippen LogP contribution is 2.40. The Kier molecular flexibility index (Phi) is 6.46. The van der Waals surface area contributed by atoms with Gasteiger partial charge in [0.1, 0.15) is 6.54 Å². The fourth-order valence-corrected chi connectivity index (χ4v) is 4.58. The number of carbonyl (C=O) groups is 1. The van der Waals surface area contributed by atoms with Crippen LogP contribution in [-0.4, -0.2) is 38.7 Å². The third-order valence-corrected chi connectivity index (χ3v) is 5.95. The van der Waals surface area contributed by atoms with E-state index in [2.05, 4.69) is 10.3 Å². The molecular formula is C22H20Cl2N4O2S. The molecule has 2 aromatic heterocycles. The number of nitrogens with zero attached hydrogens (tertiary/aromatic N) is 3. The van der Waals surface area contributed by atoms with Crippen molar-refractivity contribution < 1.29 is 9.53 Å². The van der Waals surface area contributed by atoms with Crippen molar-refractivity contribution in [3.63, 3.8) is 0 Å². The van der Waals surface area contributed by atoms with E-state index in [0.717, 1.165) is 17.1 Å². The van der Waals surface area contributed by atoms with Gasteiger partial charge in [-0.25, -0.2) is 0 Å². The molecule has 0 aliphatic carbocycles. The van der Waals surface area contributed by atoms with Crippen molar-refractivity contribution in [1.29, 1.82) is 0 Å². The van der Waals surface area contributed by atoms with E-state index >= 15 is 0 Å². The second kappa shape index (κ2) is 9.26. The van der Waals surface area contributed by atoms with Crippen molar-refractivity contribution in [3.05, 3.63) is 82.4 Å². The molecule has 1 aromatic carbocycles. The average molecular weight is 475 g/mol. The lowest BCUT2D eigenvalue weighted by molar-refractivity contribution is -0.143. The summed E-state index contributed by atoms with van der Waals surface area (Å²) in [5.74, 6) is -0.346. The summed E-state index contributed by atoms with van der Waals surface area (Å²) in [6, 6.07) is 14.4. The van der Waals surface area contributed by atoms with E-state index in [1.807, 2.05) is 52.1 Å². The van der Waals surface area contributed by atoms with Crippen molar-refractivity contribution in [3.8, 4) is 5.69 Å². The number of halogens is 2. The van der Waals surface area contributed by atoms with Crippen LogP contribution in [0.5, 0.6) is 0 Å². The highest BCUT2D eigenvalue weighted by Gasteiger charge is 2.42. The van der Waals surface area contributed by atoms with E-state index in [1.54, 1.807) is 25.3 Å². The van der Waals surface area contributed by atoms with Gasteiger partial charge in [-0.15, -0.1) is 0 Å². The van der Waals surface area contributed by atoms with Crippen LogP contribution in [0.4, 0.5) is 0 Å². The molecule has 9 heteroatoms. The first-order valence-electron chi connectivity index (χ1n) is 9.76. The minimum atomic E-state index is -0.346. The Morgan fingerprint density at radius 1 is 1.23 bits per heavy atom. The van der Waals surface area contributed by atoms with Crippen LogP contribution in [0, 0.1) is 0 Å². The molecule has 2 atom stereocenters. The van der Waals surface area contributed by atoms with E-state index in [4.69, 9.17) is 40.2 Å². The van der Waals surface area contributed by atoms with Crippen LogP contribution < -0.4 is 5.32 Å². The molecule has 1 N–H and O–H groups in total. The van der Waals surface area contributed by atoms with Crippen molar-refractivity contribution in [2.75, 3.05) is 13.2 Å². The molecule has 3 heterocycles. The first-order valence-corrected chi connectivity index (χ1v) is 10.9. The van der Waals surface area contributed by atoms with E-state index < -0.39 is 0 Å². The molecule has 0 bridgehead atoms. The highest BCUT2D eigenvalue weighted by molar-refractivity contribution is 7.80. The molecule has 1 fully saturated rings. The Morgan fingerprint density at radius 2 is 2.06 bits per heavy atom. The normalized spacial score (nSPS) is 18.2. The third-order valence-electron chi connectivity index (χ3n) is 5.06. The minimum absolute atomic E-state index is 0.0210. The van der Waals surface area contributed by atoms with Gasteiger partial charge < -0.3 is 19.5 Å². The second-order valence-corrected chi connectivity index (χ2v) is 8.19. The zero-order chi connectivity index (χ0) is 22.0. The second-order valence-electron chi connectivity index (χ2n) is 6.96. The van der Waals surface area contributed by atoms with Crippen LogP contribution in [0.1, 0.15) is 30.4 Å². The molecule has 6 nitrogen and oxygen atoms in total. The number of carbonyl (C=O) groups excluding carboxylic acids is 1. The summed E-state index contributed by atoms with van der Waals surface area (Å²) in [7, 11) is 0. The summed E-state index contributed by atoms with van der Waals surface area (Å²) in [5.41, 5.74) is 2.49. The maximum Gasteiger partial charge on any atom is 0.325 e. The smallest absolute Gasteiger partial charge is 0.325 e. The molecule has 1 aliphatic heterocycles.